The van der Waals surface area contributed by atoms with Crippen LogP contribution in [-0.2, 0) is 0 Å². The summed E-state index contributed by atoms with van der Waals surface area (Å²) in [5, 5.41) is 14.8. The fourth-order valence-corrected chi connectivity index (χ4v) is 2.82. The number of hydrogen-bond acceptors (Lipinski definition) is 5. The summed E-state index contributed by atoms with van der Waals surface area (Å²) in [4.78, 5) is 28.3. The molecule has 1 amide bonds. The van der Waals surface area contributed by atoms with Crippen LogP contribution in [0.3, 0.4) is 0 Å². The molecule has 0 saturated heterocycles. The topological polar surface area (TPSA) is 85.1 Å². The summed E-state index contributed by atoms with van der Waals surface area (Å²) < 4.78 is 0. The molecule has 0 fully saturated rings. The maximum atomic E-state index is 12.6. The Hall–Kier alpha value is -2.93. The van der Waals surface area contributed by atoms with E-state index in [1.807, 2.05) is 18.4 Å². The minimum Gasteiger partial charge on any atom is -0.320 e. The number of thioether (sulfide) groups is 1. The van der Waals surface area contributed by atoms with Crippen LogP contribution >= 0.6 is 11.8 Å². The Balaban J connectivity index is 2.02. The smallest absolute Gasteiger partial charge is 0.282 e. The summed E-state index contributed by atoms with van der Waals surface area (Å²) in [6.45, 7) is 0. The van der Waals surface area contributed by atoms with E-state index in [0.717, 1.165) is 10.3 Å². The highest BCUT2D eigenvalue weighted by molar-refractivity contribution is 7.98. The highest BCUT2D eigenvalue weighted by Gasteiger charge is 2.21. The third-order valence-corrected chi connectivity index (χ3v) is 4.25. The summed E-state index contributed by atoms with van der Waals surface area (Å²) in [6, 6.07) is 13.6. The number of carbonyl (C=O) groups excluding carboxylic acids is 1. The number of nitro benzene ring substituents is 1. The van der Waals surface area contributed by atoms with E-state index in [9.17, 15) is 14.9 Å². The standard InChI is InChI=1S/C17H13N3O3S/c1-24-12-7-8-15(20(22)23)13(10-12)17(21)19-14-6-2-4-11-5-3-9-18-16(11)14/h2-10H,1H3,(H,19,21). The summed E-state index contributed by atoms with van der Waals surface area (Å²) >= 11 is 1.41. The highest BCUT2D eigenvalue weighted by atomic mass is 32.2. The molecule has 2 aromatic carbocycles. The van der Waals surface area contributed by atoms with Gasteiger partial charge in [-0.1, -0.05) is 18.2 Å². The first-order chi connectivity index (χ1) is 11.6. The lowest BCUT2D eigenvalue weighted by Gasteiger charge is -2.09. The Morgan fingerprint density at radius 3 is 2.75 bits per heavy atom. The fourth-order valence-electron chi connectivity index (χ4n) is 2.38. The maximum absolute atomic E-state index is 12.6. The molecule has 1 N–H and O–H groups in total. The molecule has 0 unspecified atom stereocenters. The molecule has 24 heavy (non-hydrogen) atoms. The molecule has 120 valence electrons. The number of carbonyl (C=O) groups is 1. The zero-order valence-electron chi connectivity index (χ0n) is 12.7. The van der Waals surface area contributed by atoms with Gasteiger partial charge in [-0.05, 0) is 30.5 Å². The van der Waals surface area contributed by atoms with Crippen molar-refractivity contribution in [3.05, 3.63) is 70.4 Å². The van der Waals surface area contributed by atoms with Gasteiger partial charge >= 0.3 is 0 Å². The molecule has 6 nitrogen and oxygen atoms in total. The summed E-state index contributed by atoms with van der Waals surface area (Å²) in [5.41, 5.74) is 0.956. The largest absolute Gasteiger partial charge is 0.320 e. The number of nitrogens with zero attached hydrogens (tertiary/aromatic N) is 2. The van der Waals surface area contributed by atoms with E-state index in [1.54, 1.807) is 30.5 Å². The first kappa shape index (κ1) is 15.9. The van der Waals surface area contributed by atoms with E-state index in [0.29, 0.717) is 11.2 Å². The quantitative estimate of drug-likeness (QED) is 0.439. The van der Waals surface area contributed by atoms with Crippen LogP contribution in [0.5, 0.6) is 0 Å². The Morgan fingerprint density at radius 1 is 1.21 bits per heavy atom. The molecular weight excluding hydrogens is 326 g/mol. The number of rotatable bonds is 4. The van der Waals surface area contributed by atoms with Crippen molar-refractivity contribution in [2.45, 2.75) is 4.90 Å². The van der Waals surface area contributed by atoms with E-state index in [1.165, 1.54) is 23.9 Å². The molecule has 0 aliphatic rings. The van der Waals surface area contributed by atoms with E-state index in [4.69, 9.17) is 0 Å². The normalized spacial score (nSPS) is 10.5. The van der Waals surface area contributed by atoms with Crippen molar-refractivity contribution < 1.29 is 9.72 Å². The molecule has 3 rings (SSSR count). The van der Waals surface area contributed by atoms with Gasteiger partial charge in [-0.15, -0.1) is 11.8 Å². The minimum absolute atomic E-state index is 0.0276. The van der Waals surface area contributed by atoms with Crippen molar-refractivity contribution in [2.75, 3.05) is 11.6 Å². The Kier molecular flexibility index (Phi) is 4.43. The van der Waals surface area contributed by atoms with Gasteiger partial charge < -0.3 is 5.32 Å². The van der Waals surface area contributed by atoms with Gasteiger partial charge in [0.2, 0.25) is 0 Å². The molecule has 0 spiro atoms. The van der Waals surface area contributed by atoms with Crippen molar-refractivity contribution >= 4 is 39.9 Å². The number of fused-ring (bicyclic) bond motifs is 1. The third-order valence-electron chi connectivity index (χ3n) is 3.53. The molecule has 1 heterocycles. The number of anilines is 1. The molecule has 1 aromatic heterocycles. The molecule has 7 heteroatoms. The van der Waals surface area contributed by atoms with E-state index in [2.05, 4.69) is 10.3 Å². The van der Waals surface area contributed by atoms with Gasteiger partial charge in [-0.3, -0.25) is 19.9 Å². The van der Waals surface area contributed by atoms with E-state index in [-0.39, 0.29) is 11.3 Å². The molecule has 3 aromatic rings. The molecule has 0 atom stereocenters. The van der Waals surface area contributed by atoms with Crippen LogP contribution in [0.2, 0.25) is 0 Å². The van der Waals surface area contributed by atoms with Crippen LogP contribution in [-0.4, -0.2) is 22.1 Å². The predicted molar refractivity (Wildman–Crippen MR) is 94.6 cm³/mol. The van der Waals surface area contributed by atoms with Crippen LogP contribution in [0.4, 0.5) is 11.4 Å². The number of hydrogen-bond donors (Lipinski definition) is 1. The molecule has 0 aliphatic carbocycles. The number of nitrogens with one attached hydrogen (secondary N) is 1. The van der Waals surface area contributed by atoms with Crippen LogP contribution in [0.1, 0.15) is 10.4 Å². The Labute approximate surface area is 142 Å². The first-order valence-corrected chi connectivity index (χ1v) is 8.30. The third kappa shape index (κ3) is 3.07. The van der Waals surface area contributed by atoms with Crippen molar-refractivity contribution in [1.29, 1.82) is 0 Å². The number of para-hydroxylation sites is 1. The van der Waals surface area contributed by atoms with Gasteiger partial charge in [0, 0.05) is 22.5 Å². The zero-order chi connectivity index (χ0) is 17.1. The first-order valence-electron chi connectivity index (χ1n) is 7.07. The molecule has 0 radical (unpaired) electrons. The number of amides is 1. The fraction of sp³-hybridized carbons (Fsp3) is 0.0588. The predicted octanol–water partition coefficient (Wildman–Crippen LogP) is 4.12. The molecule has 0 aliphatic heterocycles. The van der Waals surface area contributed by atoms with E-state index < -0.39 is 10.8 Å². The van der Waals surface area contributed by atoms with Crippen LogP contribution in [0, 0.1) is 10.1 Å². The minimum atomic E-state index is -0.555. The number of pyridine rings is 1. The number of benzene rings is 2. The zero-order valence-corrected chi connectivity index (χ0v) is 13.5. The van der Waals surface area contributed by atoms with E-state index >= 15 is 0 Å². The van der Waals surface area contributed by atoms with Crippen LogP contribution in [0.15, 0.2) is 59.6 Å². The lowest BCUT2D eigenvalue weighted by molar-refractivity contribution is -0.385. The maximum Gasteiger partial charge on any atom is 0.282 e. The van der Waals surface area contributed by atoms with Crippen molar-refractivity contribution in [1.82, 2.24) is 4.98 Å². The Morgan fingerprint density at radius 2 is 2.00 bits per heavy atom. The van der Waals surface area contributed by atoms with Gasteiger partial charge in [0.05, 0.1) is 16.1 Å². The average Bonchev–Trinajstić information content (AvgIpc) is 2.61. The van der Waals surface area contributed by atoms with Gasteiger partial charge in [0.25, 0.3) is 11.6 Å². The average molecular weight is 339 g/mol. The highest BCUT2D eigenvalue weighted by Crippen LogP contribution is 2.27. The number of nitro groups is 1. The van der Waals surface area contributed by atoms with Gasteiger partial charge in [0.15, 0.2) is 0 Å². The van der Waals surface area contributed by atoms with Crippen LogP contribution in [0.25, 0.3) is 10.9 Å². The molecule has 0 saturated carbocycles. The molecule has 0 bridgehead atoms. The van der Waals surface area contributed by atoms with Gasteiger partial charge in [0.1, 0.15) is 5.56 Å². The summed E-state index contributed by atoms with van der Waals surface area (Å²) in [7, 11) is 0. The van der Waals surface area contributed by atoms with Crippen LogP contribution < -0.4 is 5.32 Å². The second-order valence-corrected chi connectivity index (χ2v) is 5.85. The molecular formula is C17H13N3O3S. The van der Waals surface area contributed by atoms with Crippen molar-refractivity contribution in [3.63, 3.8) is 0 Å². The van der Waals surface area contributed by atoms with Crippen molar-refractivity contribution in [3.8, 4) is 0 Å². The lowest BCUT2D eigenvalue weighted by Crippen LogP contribution is -2.14. The summed E-state index contributed by atoms with van der Waals surface area (Å²) in [6.07, 6.45) is 3.48. The second-order valence-electron chi connectivity index (χ2n) is 4.98. The van der Waals surface area contributed by atoms with Crippen molar-refractivity contribution in [2.24, 2.45) is 0 Å². The monoisotopic (exact) mass is 339 g/mol. The van der Waals surface area contributed by atoms with Gasteiger partial charge in [-0.25, -0.2) is 0 Å². The SMILES string of the molecule is CSc1ccc([N+](=O)[O-])c(C(=O)Nc2cccc3cccnc23)c1. The number of aromatic nitrogens is 1. The summed E-state index contributed by atoms with van der Waals surface area (Å²) in [5.74, 6) is -0.532. The van der Waals surface area contributed by atoms with Gasteiger partial charge in [-0.2, -0.15) is 0 Å². The Bertz CT molecular complexity index is 938. The lowest BCUT2D eigenvalue weighted by atomic mass is 10.1. The second kappa shape index (κ2) is 6.67.